The summed E-state index contributed by atoms with van der Waals surface area (Å²) in [6.07, 6.45) is 2.00. The highest BCUT2D eigenvalue weighted by Crippen LogP contribution is 2.16. The van der Waals surface area contributed by atoms with E-state index < -0.39 is 0 Å². The van der Waals surface area contributed by atoms with E-state index in [-0.39, 0.29) is 18.5 Å². The minimum absolute atomic E-state index is 0.00153. The molecule has 72 valence electrons. The van der Waals surface area contributed by atoms with Gasteiger partial charge in [0.15, 0.2) is 0 Å². The number of amides is 1. The maximum absolute atomic E-state index is 11.7. The number of hydrogen-bond acceptors (Lipinski definition) is 3. The zero-order valence-electron chi connectivity index (χ0n) is 8.16. The second-order valence-electron chi connectivity index (χ2n) is 3.49. The number of carbonyl (C=O) groups excluding carboxylic acids is 1. The predicted octanol–water partition coefficient (Wildman–Crippen LogP) is 0.0626. The van der Waals surface area contributed by atoms with Gasteiger partial charge in [0.2, 0.25) is 5.91 Å². The number of rotatable bonds is 2. The van der Waals surface area contributed by atoms with Crippen LogP contribution in [-0.2, 0) is 4.79 Å². The summed E-state index contributed by atoms with van der Waals surface area (Å²) >= 11 is 0. The highest BCUT2D eigenvalue weighted by molar-refractivity contribution is 5.82. The third-order valence-corrected chi connectivity index (χ3v) is 2.49. The van der Waals surface area contributed by atoms with Crippen LogP contribution in [0.25, 0.3) is 0 Å². The van der Waals surface area contributed by atoms with Gasteiger partial charge in [-0.05, 0) is 26.4 Å². The van der Waals surface area contributed by atoms with Gasteiger partial charge >= 0.3 is 0 Å². The molecule has 13 heavy (non-hydrogen) atoms. The highest BCUT2D eigenvalue weighted by atomic mass is 16.2. The van der Waals surface area contributed by atoms with Crippen molar-refractivity contribution in [3.63, 3.8) is 0 Å². The third-order valence-electron chi connectivity index (χ3n) is 2.49. The van der Waals surface area contributed by atoms with Crippen LogP contribution in [0.4, 0.5) is 0 Å². The number of likely N-dealkylation sites (N-methyl/N-ethyl adjacent to an activating group) is 2. The van der Waals surface area contributed by atoms with Crippen LogP contribution in [0.2, 0.25) is 0 Å². The van der Waals surface area contributed by atoms with Gasteiger partial charge in [0, 0.05) is 7.05 Å². The first-order valence-electron chi connectivity index (χ1n) is 4.49. The van der Waals surface area contributed by atoms with Crippen molar-refractivity contribution in [2.24, 2.45) is 0 Å². The number of nitriles is 1. The molecule has 0 aromatic carbocycles. The molecule has 0 unspecified atom stereocenters. The Morgan fingerprint density at radius 2 is 2.46 bits per heavy atom. The Kier molecular flexibility index (Phi) is 3.26. The fourth-order valence-corrected chi connectivity index (χ4v) is 1.66. The fraction of sp³-hybridized carbons (Fsp3) is 0.778. The summed E-state index contributed by atoms with van der Waals surface area (Å²) < 4.78 is 0. The molecule has 1 amide bonds. The highest BCUT2D eigenvalue weighted by Gasteiger charge is 2.29. The molecule has 4 nitrogen and oxygen atoms in total. The van der Waals surface area contributed by atoms with Crippen LogP contribution in [0.5, 0.6) is 0 Å². The summed E-state index contributed by atoms with van der Waals surface area (Å²) in [5.41, 5.74) is 0. The van der Waals surface area contributed by atoms with Crippen LogP contribution in [0.15, 0.2) is 0 Å². The lowest BCUT2D eigenvalue weighted by Gasteiger charge is -2.23. The van der Waals surface area contributed by atoms with Gasteiger partial charge in [-0.2, -0.15) is 5.26 Å². The lowest BCUT2D eigenvalue weighted by atomic mass is 10.2. The van der Waals surface area contributed by atoms with Gasteiger partial charge in [-0.15, -0.1) is 0 Å². The van der Waals surface area contributed by atoms with E-state index in [1.165, 1.54) is 4.90 Å². The van der Waals surface area contributed by atoms with Gasteiger partial charge in [-0.25, -0.2) is 0 Å². The molecule has 0 saturated carbocycles. The van der Waals surface area contributed by atoms with Crippen molar-refractivity contribution in [1.82, 2.24) is 9.80 Å². The van der Waals surface area contributed by atoms with Crippen LogP contribution >= 0.6 is 0 Å². The summed E-state index contributed by atoms with van der Waals surface area (Å²) in [4.78, 5) is 15.2. The molecule has 0 bridgehead atoms. The Morgan fingerprint density at radius 3 is 2.92 bits per heavy atom. The minimum Gasteiger partial charge on any atom is -0.331 e. The van der Waals surface area contributed by atoms with Gasteiger partial charge in [-0.1, -0.05) is 0 Å². The SMILES string of the molecule is CN(CC#N)C(=O)[C@H]1CCCN1C. The smallest absolute Gasteiger partial charge is 0.240 e. The van der Waals surface area contributed by atoms with Crippen LogP contribution in [0, 0.1) is 11.3 Å². The molecular weight excluding hydrogens is 166 g/mol. The molecule has 0 aliphatic carbocycles. The molecule has 0 aromatic heterocycles. The molecule has 4 heteroatoms. The summed E-state index contributed by atoms with van der Waals surface area (Å²) in [6.45, 7) is 1.17. The van der Waals surface area contributed by atoms with Crippen LogP contribution < -0.4 is 0 Å². The number of hydrogen-bond donors (Lipinski definition) is 0. The lowest BCUT2D eigenvalue weighted by Crippen LogP contribution is -2.42. The second-order valence-corrected chi connectivity index (χ2v) is 3.49. The molecule has 0 aromatic rings. The summed E-state index contributed by atoms with van der Waals surface area (Å²) in [6, 6.07) is 1.97. The standard InChI is InChI=1S/C9H15N3O/c1-11-6-3-4-8(11)9(13)12(2)7-5-10/h8H,3-4,6-7H2,1-2H3/t8-/m1/s1. The molecule has 1 heterocycles. The first kappa shape index (κ1) is 10.0. The van der Waals surface area contributed by atoms with E-state index in [2.05, 4.69) is 4.90 Å². The summed E-state index contributed by atoms with van der Waals surface area (Å²) in [7, 11) is 3.63. The van der Waals surface area contributed by atoms with Crippen molar-refractivity contribution < 1.29 is 4.79 Å². The Labute approximate surface area is 78.7 Å². The molecule has 0 N–H and O–H groups in total. The van der Waals surface area contributed by atoms with E-state index in [1.54, 1.807) is 7.05 Å². The molecule has 1 aliphatic rings. The predicted molar refractivity (Wildman–Crippen MR) is 48.9 cm³/mol. The average molecular weight is 181 g/mol. The molecular formula is C9H15N3O. The van der Waals surface area contributed by atoms with Crippen molar-refractivity contribution in [2.45, 2.75) is 18.9 Å². The summed E-state index contributed by atoms with van der Waals surface area (Å²) in [5, 5.41) is 8.44. The normalized spacial score (nSPS) is 22.7. The topological polar surface area (TPSA) is 47.3 Å². The van der Waals surface area contributed by atoms with Crippen LogP contribution in [0.3, 0.4) is 0 Å². The molecule has 1 atom stereocenters. The molecule has 1 saturated heterocycles. The van der Waals surface area contributed by atoms with Crippen LogP contribution in [-0.4, -0.2) is 48.9 Å². The number of nitrogens with zero attached hydrogens (tertiary/aromatic N) is 3. The zero-order valence-corrected chi connectivity index (χ0v) is 8.16. The lowest BCUT2D eigenvalue weighted by molar-refractivity contribution is -0.133. The maximum Gasteiger partial charge on any atom is 0.240 e. The van der Waals surface area contributed by atoms with E-state index >= 15 is 0 Å². The molecule has 0 radical (unpaired) electrons. The average Bonchev–Trinajstić information content (AvgIpc) is 2.50. The van der Waals surface area contributed by atoms with Crippen molar-refractivity contribution in [1.29, 1.82) is 5.26 Å². The Hall–Kier alpha value is -1.08. The van der Waals surface area contributed by atoms with Gasteiger partial charge < -0.3 is 4.90 Å². The third kappa shape index (κ3) is 2.19. The monoisotopic (exact) mass is 181 g/mol. The maximum atomic E-state index is 11.7. The largest absolute Gasteiger partial charge is 0.331 e. The molecule has 1 rings (SSSR count). The second kappa shape index (κ2) is 4.24. The van der Waals surface area contributed by atoms with Crippen molar-refractivity contribution in [3.05, 3.63) is 0 Å². The number of carbonyl (C=O) groups is 1. The van der Waals surface area contributed by atoms with Crippen molar-refractivity contribution in [3.8, 4) is 6.07 Å². The van der Waals surface area contributed by atoms with E-state index in [0.717, 1.165) is 19.4 Å². The quantitative estimate of drug-likeness (QED) is 0.566. The molecule has 1 aliphatic heterocycles. The number of likely N-dealkylation sites (tertiary alicyclic amines) is 1. The Balaban J connectivity index is 2.52. The first-order chi connectivity index (χ1) is 6.16. The Bertz CT molecular complexity index is 234. The van der Waals surface area contributed by atoms with E-state index in [4.69, 9.17) is 5.26 Å². The zero-order chi connectivity index (χ0) is 9.84. The van der Waals surface area contributed by atoms with Crippen molar-refractivity contribution in [2.75, 3.05) is 27.2 Å². The fourth-order valence-electron chi connectivity index (χ4n) is 1.66. The van der Waals surface area contributed by atoms with E-state index in [9.17, 15) is 4.79 Å². The Morgan fingerprint density at radius 1 is 1.77 bits per heavy atom. The van der Waals surface area contributed by atoms with Gasteiger partial charge in [0.05, 0.1) is 12.1 Å². The first-order valence-corrected chi connectivity index (χ1v) is 4.49. The van der Waals surface area contributed by atoms with Crippen molar-refractivity contribution >= 4 is 5.91 Å². The van der Waals surface area contributed by atoms with Crippen LogP contribution in [0.1, 0.15) is 12.8 Å². The van der Waals surface area contributed by atoms with E-state index in [1.807, 2.05) is 13.1 Å². The summed E-state index contributed by atoms with van der Waals surface area (Å²) in [5.74, 6) is 0.0709. The minimum atomic E-state index is -0.00153. The molecule has 1 fully saturated rings. The van der Waals surface area contributed by atoms with Gasteiger partial charge in [0.1, 0.15) is 6.54 Å². The van der Waals surface area contributed by atoms with E-state index in [0.29, 0.717) is 0 Å². The van der Waals surface area contributed by atoms with Gasteiger partial charge in [-0.3, -0.25) is 9.69 Å². The van der Waals surface area contributed by atoms with Gasteiger partial charge in [0.25, 0.3) is 0 Å². The molecule has 0 spiro atoms.